The first-order chi connectivity index (χ1) is 18.2. The van der Waals surface area contributed by atoms with Crippen molar-refractivity contribution >= 4 is 11.8 Å². The van der Waals surface area contributed by atoms with Gasteiger partial charge in [0.15, 0.2) is 0 Å². The molecule has 0 heterocycles. The Morgan fingerprint density at radius 1 is 0.821 bits per heavy atom. The van der Waals surface area contributed by atoms with Gasteiger partial charge in [-0.3, -0.25) is 9.59 Å². The van der Waals surface area contributed by atoms with E-state index in [2.05, 4.69) is 5.32 Å². The summed E-state index contributed by atoms with van der Waals surface area (Å²) in [5.74, 6) is -3.47. The molecule has 4 rings (SSSR count). The summed E-state index contributed by atoms with van der Waals surface area (Å²) in [6, 6.07) is 12.7. The minimum absolute atomic E-state index is 0.00935. The normalized spacial score (nSPS) is 18.2. The average Bonchev–Trinajstić information content (AvgIpc) is 2.88. The third-order valence-electron chi connectivity index (χ3n) is 6.55. The number of halogens is 6. The molecular weight excluding hydrogens is 524 g/mol. The Bertz CT molecular complexity index is 1410. The number of alkyl halides is 6. The fourth-order valence-corrected chi connectivity index (χ4v) is 4.56. The van der Waals surface area contributed by atoms with E-state index >= 15 is 0 Å². The zero-order valence-corrected chi connectivity index (χ0v) is 20.3. The average molecular weight is 547 g/mol. The van der Waals surface area contributed by atoms with Crippen LogP contribution in [0.3, 0.4) is 0 Å². The van der Waals surface area contributed by atoms with Gasteiger partial charge in [0.25, 0.3) is 5.91 Å². The minimum atomic E-state index is -4.87. The number of allylic oxidation sites excluding steroid dienone is 8. The van der Waals surface area contributed by atoms with Crippen LogP contribution in [0.15, 0.2) is 94.9 Å². The van der Waals surface area contributed by atoms with E-state index in [1.165, 1.54) is 18.2 Å². The Kier molecular flexibility index (Phi) is 7.45. The summed E-state index contributed by atoms with van der Waals surface area (Å²) in [6.45, 7) is 0. The van der Waals surface area contributed by atoms with E-state index in [4.69, 9.17) is 11.5 Å². The summed E-state index contributed by atoms with van der Waals surface area (Å²) >= 11 is 0. The Labute approximate surface area is 219 Å². The first kappa shape index (κ1) is 27.7. The van der Waals surface area contributed by atoms with Gasteiger partial charge in [-0.1, -0.05) is 30.3 Å². The highest BCUT2D eigenvalue weighted by Crippen LogP contribution is 2.46. The number of primary amides is 1. The van der Waals surface area contributed by atoms with Crippen molar-refractivity contribution in [3.8, 4) is 11.1 Å². The Morgan fingerprint density at radius 2 is 1.38 bits per heavy atom. The lowest BCUT2D eigenvalue weighted by Gasteiger charge is -2.31. The van der Waals surface area contributed by atoms with Crippen LogP contribution in [-0.2, 0) is 0 Å². The molecule has 0 fully saturated rings. The number of benzene rings is 2. The molecule has 2 aliphatic carbocycles. The van der Waals surface area contributed by atoms with Gasteiger partial charge in [-0.2, -0.15) is 26.3 Å². The first-order valence-electron chi connectivity index (χ1n) is 11.8. The molecule has 11 heteroatoms. The molecule has 2 aromatic rings. The lowest BCUT2D eigenvalue weighted by atomic mass is 9.79. The maximum atomic E-state index is 14.0. The van der Waals surface area contributed by atoms with Crippen LogP contribution in [0.2, 0.25) is 0 Å². The summed E-state index contributed by atoms with van der Waals surface area (Å²) in [6.07, 6.45) is -7.83. The fourth-order valence-electron chi connectivity index (χ4n) is 4.56. The van der Waals surface area contributed by atoms with Crippen molar-refractivity contribution in [2.24, 2.45) is 17.4 Å². The van der Waals surface area contributed by atoms with Crippen LogP contribution in [-0.4, -0.2) is 24.2 Å². The highest BCUT2D eigenvalue weighted by atomic mass is 19.4. The van der Waals surface area contributed by atoms with Gasteiger partial charge in [-0.05, 0) is 71.5 Å². The van der Waals surface area contributed by atoms with Crippen LogP contribution in [0.25, 0.3) is 11.1 Å². The summed E-state index contributed by atoms with van der Waals surface area (Å²) < 4.78 is 82.8. The number of carbonyl (C=O) groups excluding carboxylic acids is 2. The quantitative estimate of drug-likeness (QED) is 0.397. The van der Waals surface area contributed by atoms with Crippen LogP contribution in [0.1, 0.15) is 40.0 Å². The van der Waals surface area contributed by atoms with Gasteiger partial charge in [0.2, 0.25) is 5.91 Å². The molecule has 2 aliphatic rings. The molecule has 5 N–H and O–H groups in total. The van der Waals surface area contributed by atoms with Crippen molar-refractivity contribution in [2.45, 2.75) is 31.6 Å². The number of hydrogen-bond acceptors (Lipinski definition) is 3. The Balaban J connectivity index is 1.57. The van der Waals surface area contributed by atoms with E-state index in [1.807, 2.05) is 0 Å². The van der Waals surface area contributed by atoms with Gasteiger partial charge >= 0.3 is 12.4 Å². The predicted octanol–water partition coefficient (Wildman–Crippen LogP) is 6.07. The van der Waals surface area contributed by atoms with Crippen molar-refractivity contribution in [3.63, 3.8) is 0 Å². The van der Waals surface area contributed by atoms with Crippen molar-refractivity contribution in [1.29, 1.82) is 0 Å². The monoisotopic (exact) mass is 547 g/mol. The van der Waals surface area contributed by atoms with E-state index in [-0.39, 0.29) is 29.8 Å². The first-order valence-corrected chi connectivity index (χ1v) is 11.8. The number of hydrogen-bond donors (Lipinski definition) is 3. The molecule has 0 radical (unpaired) electrons. The Hall–Kier alpha value is -4.28. The third-order valence-corrected chi connectivity index (χ3v) is 6.55. The molecule has 0 aromatic heterocycles. The van der Waals surface area contributed by atoms with Gasteiger partial charge in [0.1, 0.15) is 0 Å². The lowest BCUT2D eigenvalue weighted by Crippen LogP contribution is -2.33. The van der Waals surface area contributed by atoms with Gasteiger partial charge in [0.05, 0.1) is 11.5 Å². The van der Waals surface area contributed by atoms with E-state index in [1.54, 1.807) is 36.4 Å². The third kappa shape index (κ3) is 6.24. The highest BCUT2D eigenvalue weighted by Gasteiger charge is 2.46. The smallest absolute Gasteiger partial charge is 0.402 e. The number of nitrogens with two attached hydrogens (primary N) is 2. The summed E-state index contributed by atoms with van der Waals surface area (Å²) in [5.41, 5.74) is 10.5. The maximum absolute atomic E-state index is 14.0. The zero-order chi connectivity index (χ0) is 28.5. The lowest BCUT2D eigenvalue weighted by molar-refractivity contribution is -0.163. The van der Waals surface area contributed by atoms with E-state index in [0.717, 1.165) is 17.2 Å². The predicted molar refractivity (Wildman–Crippen MR) is 133 cm³/mol. The number of carbonyl (C=O) groups is 2. The number of rotatable bonds is 5. The molecule has 1 atom stereocenters. The van der Waals surface area contributed by atoms with E-state index < -0.39 is 53.2 Å². The maximum Gasteiger partial charge on any atom is 0.416 e. The molecule has 204 valence electrons. The van der Waals surface area contributed by atoms with Gasteiger partial charge in [-0.25, -0.2) is 0 Å². The Morgan fingerprint density at radius 3 is 1.90 bits per heavy atom. The van der Waals surface area contributed by atoms with E-state index in [9.17, 15) is 35.9 Å². The van der Waals surface area contributed by atoms with Crippen LogP contribution >= 0.6 is 0 Å². The summed E-state index contributed by atoms with van der Waals surface area (Å²) in [7, 11) is 0. The van der Waals surface area contributed by atoms with Crippen molar-refractivity contribution in [1.82, 2.24) is 5.32 Å². The second-order valence-electron chi connectivity index (χ2n) is 9.19. The largest absolute Gasteiger partial charge is 0.416 e. The molecule has 0 saturated carbocycles. The van der Waals surface area contributed by atoms with Crippen LogP contribution in [0, 0.1) is 5.92 Å². The van der Waals surface area contributed by atoms with Crippen LogP contribution in [0.5, 0.6) is 0 Å². The molecule has 0 saturated heterocycles. The second-order valence-corrected chi connectivity index (χ2v) is 9.19. The van der Waals surface area contributed by atoms with Crippen molar-refractivity contribution in [2.75, 3.05) is 0 Å². The highest BCUT2D eigenvalue weighted by molar-refractivity contribution is 5.96. The fraction of sp³-hybridized carbons (Fsp3) is 0.214. The molecular formula is C28H23F6N3O2. The second kappa shape index (κ2) is 10.5. The molecule has 1 unspecified atom stereocenters. The van der Waals surface area contributed by atoms with Crippen LogP contribution < -0.4 is 16.8 Å². The topological polar surface area (TPSA) is 98.2 Å². The molecule has 5 nitrogen and oxygen atoms in total. The molecule has 0 spiro atoms. The van der Waals surface area contributed by atoms with Gasteiger partial charge in [0, 0.05) is 28.9 Å². The number of nitrogens with one attached hydrogen (secondary N) is 1. The minimum Gasteiger partial charge on any atom is -0.402 e. The molecule has 39 heavy (non-hydrogen) atoms. The zero-order valence-electron chi connectivity index (χ0n) is 20.3. The molecule has 0 bridgehead atoms. The van der Waals surface area contributed by atoms with Crippen molar-refractivity contribution < 1.29 is 35.9 Å². The number of amides is 2. The standard InChI is InChI=1S/C28H23F6N3O2/c29-27(30,31)23-13-19(35)9-11-21(23)22-12-10-20(14-24(22)28(32,33)34)37-26(39)18-7-3-16(4-8-18)15-1-5-17(6-2-15)25(36)38/h1-8,10,12-13,24H,9,11,14,35H2,(H2,36,38)(H,37,39). The van der Waals surface area contributed by atoms with Gasteiger partial charge in [-0.15, -0.1) is 0 Å². The molecule has 2 aromatic carbocycles. The SMILES string of the molecule is NC(=O)c1ccc(-c2ccc(C(=O)NC3=CC=C(C4=C(C(F)(F)F)C=C(N)CC4)C(C(F)(F)F)C3)cc2)cc1. The van der Waals surface area contributed by atoms with E-state index in [0.29, 0.717) is 11.6 Å². The molecule has 0 aliphatic heterocycles. The van der Waals surface area contributed by atoms with Gasteiger partial charge < -0.3 is 16.8 Å². The van der Waals surface area contributed by atoms with Crippen LogP contribution in [0.4, 0.5) is 26.3 Å². The van der Waals surface area contributed by atoms with Crippen molar-refractivity contribution in [3.05, 3.63) is 106 Å². The summed E-state index contributed by atoms with van der Waals surface area (Å²) in [5, 5.41) is 2.44. The summed E-state index contributed by atoms with van der Waals surface area (Å²) in [4.78, 5) is 24.0. The molecule has 2 amide bonds.